The molecule has 11 heteroatoms. The number of benzene rings is 2. The minimum atomic E-state index is -0.806. The van der Waals surface area contributed by atoms with Gasteiger partial charge < -0.3 is 20.1 Å². The zero-order chi connectivity index (χ0) is 25.8. The summed E-state index contributed by atoms with van der Waals surface area (Å²) in [5.41, 5.74) is 1.59. The number of nitrogens with zero attached hydrogens (tertiary/aromatic N) is 1. The number of hydrogen-bond donors (Lipinski definition) is 4. The quantitative estimate of drug-likeness (QED) is 0.181. The maximum atomic E-state index is 12.3. The molecule has 1 aliphatic heterocycles. The highest BCUT2D eigenvalue weighted by Crippen LogP contribution is 2.20. The molecule has 0 spiro atoms. The van der Waals surface area contributed by atoms with Gasteiger partial charge in [-0.05, 0) is 24.0 Å². The highest BCUT2D eigenvalue weighted by Gasteiger charge is 2.42. The summed E-state index contributed by atoms with van der Waals surface area (Å²) >= 11 is 0. The number of guanidine groups is 1. The summed E-state index contributed by atoms with van der Waals surface area (Å²) in [5, 5.41) is 9.90. The third-order valence-electron chi connectivity index (χ3n) is 5.38. The molecule has 4 N–H and O–H groups in total. The van der Waals surface area contributed by atoms with Crippen molar-refractivity contribution in [3.05, 3.63) is 71.8 Å². The summed E-state index contributed by atoms with van der Waals surface area (Å²) in [6.07, 6.45) is -0.758. The van der Waals surface area contributed by atoms with Crippen LogP contribution in [0.3, 0.4) is 0 Å². The molecule has 3 rings (SSSR count). The Morgan fingerprint density at radius 1 is 0.889 bits per heavy atom. The molecule has 1 heterocycles. The van der Waals surface area contributed by atoms with Crippen molar-refractivity contribution in [1.29, 1.82) is 0 Å². The van der Waals surface area contributed by atoms with E-state index in [0.29, 0.717) is 12.8 Å². The Morgan fingerprint density at radius 2 is 1.42 bits per heavy atom. The van der Waals surface area contributed by atoms with E-state index < -0.39 is 24.1 Å². The first-order chi connectivity index (χ1) is 17.5. The number of alkyl carbamates (subject to hydrolysis) is 2. The van der Waals surface area contributed by atoms with Crippen LogP contribution in [-0.4, -0.2) is 49.6 Å². The molecule has 0 unspecified atom stereocenters. The minimum absolute atomic E-state index is 0.0378. The molecule has 2 aromatic carbocycles. The number of carbonyl (C=O) groups is 4. The molecule has 190 valence electrons. The van der Waals surface area contributed by atoms with Crippen LogP contribution in [0.15, 0.2) is 65.7 Å². The normalized spacial score (nSPS) is 16.0. The van der Waals surface area contributed by atoms with Crippen LogP contribution >= 0.6 is 0 Å². The lowest BCUT2D eigenvalue weighted by molar-refractivity contribution is -0.143. The Bertz CT molecular complexity index is 1020. The van der Waals surface area contributed by atoms with Crippen LogP contribution in [-0.2, 0) is 32.3 Å². The van der Waals surface area contributed by atoms with Gasteiger partial charge in [-0.2, -0.15) is 0 Å². The summed E-state index contributed by atoms with van der Waals surface area (Å²) in [6.45, 7) is 0.254. The van der Waals surface area contributed by atoms with Crippen LogP contribution in [0.2, 0.25) is 0 Å². The predicted molar refractivity (Wildman–Crippen MR) is 131 cm³/mol. The SMILES string of the molecule is CNC(=O)[C@H]1NC(=O)[C@@H]1CCCN=C(NC(=O)OCc1ccccc1)NC(=O)OCc1ccccc1. The lowest BCUT2D eigenvalue weighted by atomic mass is 9.86. The molecule has 1 saturated heterocycles. The van der Waals surface area contributed by atoms with Gasteiger partial charge in [0.1, 0.15) is 19.3 Å². The molecule has 1 fully saturated rings. The smallest absolute Gasteiger partial charge is 0.414 e. The molecule has 36 heavy (non-hydrogen) atoms. The fourth-order valence-corrected chi connectivity index (χ4v) is 3.44. The Labute approximate surface area is 208 Å². The Balaban J connectivity index is 1.53. The fraction of sp³-hybridized carbons (Fsp3) is 0.320. The van der Waals surface area contributed by atoms with Gasteiger partial charge in [-0.25, -0.2) is 9.59 Å². The number of β-lactam (4-membered cyclic amide) rings is 1. The van der Waals surface area contributed by atoms with Gasteiger partial charge in [-0.1, -0.05) is 60.7 Å². The summed E-state index contributed by atoms with van der Waals surface area (Å²) in [4.78, 5) is 52.3. The van der Waals surface area contributed by atoms with Gasteiger partial charge in [-0.15, -0.1) is 0 Å². The van der Waals surface area contributed by atoms with Crippen molar-refractivity contribution in [3.63, 3.8) is 0 Å². The second-order valence-electron chi connectivity index (χ2n) is 7.95. The second-order valence-corrected chi connectivity index (χ2v) is 7.95. The number of hydrogen-bond acceptors (Lipinski definition) is 7. The van der Waals surface area contributed by atoms with Gasteiger partial charge in [0, 0.05) is 13.6 Å². The molecule has 2 aromatic rings. The molecular formula is C25H29N5O6. The van der Waals surface area contributed by atoms with E-state index in [4.69, 9.17) is 9.47 Å². The number of rotatable bonds is 9. The molecule has 0 aromatic heterocycles. The van der Waals surface area contributed by atoms with Crippen molar-refractivity contribution in [2.75, 3.05) is 13.6 Å². The van der Waals surface area contributed by atoms with Crippen molar-refractivity contribution < 1.29 is 28.7 Å². The Hall–Kier alpha value is -4.41. The first kappa shape index (κ1) is 26.2. The highest BCUT2D eigenvalue weighted by atomic mass is 16.6. The molecule has 2 atom stereocenters. The molecule has 0 radical (unpaired) electrons. The van der Waals surface area contributed by atoms with Crippen LogP contribution in [0.5, 0.6) is 0 Å². The summed E-state index contributed by atoms with van der Waals surface area (Å²) in [6, 6.07) is 17.7. The van der Waals surface area contributed by atoms with Crippen molar-refractivity contribution in [3.8, 4) is 0 Å². The van der Waals surface area contributed by atoms with E-state index >= 15 is 0 Å². The number of likely N-dealkylation sites (N-methyl/N-ethyl adjacent to an activating group) is 1. The zero-order valence-corrected chi connectivity index (χ0v) is 19.9. The van der Waals surface area contributed by atoms with Gasteiger partial charge in [0.05, 0.1) is 5.92 Å². The topological polar surface area (TPSA) is 147 Å². The van der Waals surface area contributed by atoms with E-state index in [9.17, 15) is 19.2 Å². The molecule has 11 nitrogen and oxygen atoms in total. The maximum absolute atomic E-state index is 12.3. The maximum Gasteiger partial charge on any atom is 0.414 e. The van der Waals surface area contributed by atoms with Crippen LogP contribution in [0.4, 0.5) is 9.59 Å². The summed E-state index contributed by atoms with van der Waals surface area (Å²) < 4.78 is 10.4. The summed E-state index contributed by atoms with van der Waals surface area (Å²) in [7, 11) is 1.51. The van der Waals surface area contributed by atoms with E-state index in [2.05, 4.69) is 26.3 Å². The van der Waals surface area contributed by atoms with E-state index in [1.807, 2.05) is 60.7 Å². The highest BCUT2D eigenvalue weighted by molar-refractivity contribution is 6.01. The second kappa shape index (κ2) is 13.5. The lowest BCUT2D eigenvalue weighted by Crippen LogP contribution is -2.64. The molecule has 0 bridgehead atoms. The average molecular weight is 496 g/mol. The van der Waals surface area contributed by atoms with Crippen LogP contribution in [0.1, 0.15) is 24.0 Å². The number of ether oxygens (including phenoxy) is 2. The predicted octanol–water partition coefficient (Wildman–Crippen LogP) is 1.84. The molecule has 0 aliphatic carbocycles. The van der Waals surface area contributed by atoms with Crippen molar-refractivity contribution in [2.24, 2.45) is 10.9 Å². The van der Waals surface area contributed by atoms with Crippen LogP contribution in [0.25, 0.3) is 0 Å². The van der Waals surface area contributed by atoms with Crippen molar-refractivity contribution in [1.82, 2.24) is 21.3 Å². The van der Waals surface area contributed by atoms with Crippen molar-refractivity contribution in [2.45, 2.75) is 32.1 Å². The number of aliphatic imine (C=N–C) groups is 1. The average Bonchev–Trinajstić information content (AvgIpc) is 2.89. The number of nitrogens with one attached hydrogen (secondary N) is 4. The molecule has 1 aliphatic rings. The summed E-state index contributed by atoms with van der Waals surface area (Å²) in [5.74, 6) is -1.05. The minimum Gasteiger partial charge on any atom is -0.444 e. The Kier molecular flexibility index (Phi) is 9.80. The van der Waals surface area contributed by atoms with E-state index in [1.54, 1.807) is 0 Å². The fourth-order valence-electron chi connectivity index (χ4n) is 3.44. The van der Waals surface area contributed by atoms with Gasteiger partial charge in [0.15, 0.2) is 0 Å². The lowest BCUT2D eigenvalue weighted by Gasteiger charge is -2.35. The van der Waals surface area contributed by atoms with Gasteiger partial charge in [-0.3, -0.25) is 25.2 Å². The largest absolute Gasteiger partial charge is 0.444 e. The number of carbonyl (C=O) groups excluding carboxylic acids is 4. The van der Waals surface area contributed by atoms with Crippen LogP contribution in [0, 0.1) is 5.92 Å². The van der Waals surface area contributed by atoms with E-state index in [0.717, 1.165) is 11.1 Å². The monoisotopic (exact) mass is 495 g/mol. The molecular weight excluding hydrogens is 466 g/mol. The first-order valence-corrected chi connectivity index (χ1v) is 11.5. The molecule has 0 saturated carbocycles. The third kappa shape index (κ3) is 8.12. The van der Waals surface area contributed by atoms with E-state index in [-0.39, 0.29) is 37.5 Å². The van der Waals surface area contributed by atoms with Gasteiger partial charge >= 0.3 is 12.2 Å². The van der Waals surface area contributed by atoms with Crippen molar-refractivity contribution >= 4 is 30.0 Å². The van der Waals surface area contributed by atoms with Gasteiger partial charge in [0.2, 0.25) is 17.8 Å². The van der Waals surface area contributed by atoms with Gasteiger partial charge in [0.25, 0.3) is 0 Å². The van der Waals surface area contributed by atoms with Crippen LogP contribution < -0.4 is 21.3 Å². The third-order valence-corrected chi connectivity index (χ3v) is 5.38. The number of amides is 4. The zero-order valence-electron chi connectivity index (χ0n) is 19.9. The Morgan fingerprint density at radius 3 is 1.89 bits per heavy atom. The standard InChI is InChI=1S/C25H29N5O6/c1-26-22(32)20-19(21(31)28-20)13-8-14-27-23(29-24(33)35-15-17-9-4-2-5-10-17)30-25(34)36-16-18-11-6-3-7-12-18/h2-7,9-12,19-20H,8,13-16H2,1H3,(H,26,32)(H,28,31)(H2,27,29,30,33,34)/t19-,20+/m1/s1. The molecule has 4 amide bonds. The first-order valence-electron chi connectivity index (χ1n) is 11.5. The van der Waals surface area contributed by atoms with E-state index in [1.165, 1.54) is 7.05 Å².